The van der Waals surface area contributed by atoms with Gasteiger partial charge in [-0.2, -0.15) is 0 Å². The van der Waals surface area contributed by atoms with E-state index in [0.717, 1.165) is 5.69 Å². The summed E-state index contributed by atoms with van der Waals surface area (Å²) in [5, 5.41) is 0. The quantitative estimate of drug-likeness (QED) is 0.495. The van der Waals surface area contributed by atoms with Gasteiger partial charge in [0.25, 0.3) is 0 Å². The van der Waals surface area contributed by atoms with Gasteiger partial charge in [-0.1, -0.05) is 0 Å². The zero-order chi connectivity index (χ0) is 8.27. The van der Waals surface area contributed by atoms with Gasteiger partial charge < -0.3 is 0 Å². The molecule has 0 bridgehead atoms. The number of aryl methyl sites for hydroxylation is 1. The molecule has 0 saturated carbocycles. The van der Waals surface area contributed by atoms with Gasteiger partial charge in [0.05, 0.1) is 17.8 Å². The maximum atomic E-state index is 10.9. The molecule has 0 radical (unpaired) electrons. The minimum Gasteiger partial charge on any atom is -0.291 e. The summed E-state index contributed by atoms with van der Waals surface area (Å²) in [7, 11) is 0. The first kappa shape index (κ1) is 8.14. The molecule has 0 atom stereocenters. The summed E-state index contributed by atoms with van der Waals surface area (Å²) in [5.41, 5.74) is 1.11. The third-order valence-corrected chi connectivity index (χ3v) is 1.43. The Labute approximate surface area is 69.4 Å². The molecule has 3 nitrogen and oxygen atoms in total. The summed E-state index contributed by atoms with van der Waals surface area (Å²) in [4.78, 5) is 18.6. The van der Waals surface area contributed by atoms with Crippen LogP contribution in [-0.4, -0.2) is 21.6 Å². The fraction of sp³-hybridized carbons (Fsp3) is 0.286. The van der Waals surface area contributed by atoms with Crippen molar-refractivity contribution in [2.75, 3.05) is 5.88 Å². The minimum atomic E-state index is -0.195. The summed E-state index contributed by atoms with van der Waals surface area (Å²) in [6.07, 6.45) is 2.97. The van der Waals surface area contributed by atoms with Gasteiger partial charge in [-0.05, 0) is 6.92 Å². The number of Topliss-reactive ketones (excluding diaryl/α,β-unsaturated/α-hetero) is 1. The minimum absolute atomic E-state index is 0.0439. The van der Waals surface area contributed by atoms with E-state index in [0.29, 0.717) is 5.69 Å². The Hall–Kier alpha value is -0.960. The van der Waals surface area contributed by atoms with Crippen molar-refractivity contribution in [2.45, 2.75) is 6.92 Å². The summed E-state index contributed by atoms with van der Waals surface area (Å²) in [6.45, 7) is 1.81. The molecule has 4 heteroatoms. The first-order chi connectivity index (χ1) is 5.24. The third kappa shape index (κ3) is 1.98. The zero-order valence-electron chi connectivity index (χ0n) is 6.04. The summed E-state index contributed by atoms with van der Waals surface area (Å²) in [5.74, 6) is -0.239. The Bertz CT molecular complexity index is 258. The van der Waals surface area contributed by atoms with Gasteiger partial charge in [0.2, 0.25) is 0 Å². The third-order valence-electron chi connectivity index (χ3n) is 1.19. The van der Waals surface area contributed by atoms with Gasteiger partial charge in [0.1, 0.15) is 5.69 Å². The highest BCUT2D eigenvalue weighted by Gasteiger charge is 2.04. The molecule has 0 unspecified atom stereocenters. The van der Waals surface area contributed by atoms with E-state index in [1.165, 1.54) is 6.20 Å². The van der Waals surface area contributed by atoms with Crippen LogP contribution in [0.5, 0.6) is 0 Å². The van der Waals surface area contributed by atoms with Crippen LogP contribution in [-0.2, 0) is 0 Å². The fourth-order valence-electron chi connectivity index (χ4n) is 0.605. The molecule has 1 aromatic rings. The van der Waals surface area contributed by atoms with Crippen LogP contribution in [0.4, 0.5) is 0 Å². The van der Waals surface area contributed by atoms with Crippen LogP contribution in [0.3, 0.4) is 0 Å². The number of nitrogens with zero attached hydrogens (tertiary/aromatic N) is 2. The molecule has 58 valence electrons. The number of halogens is 1. The van der Waals surface area contributed by atoms with Gasteiger partial charge in [0.15, 0.2) is 5.78 Å². The molecule has 0 saturated heterocycles. The topological polar surface area (TPSA) is 42.9 Å². The average molecular weight is 171 g/mol. The number of alkyl halides is 1. The second kappa shape index (κ2) is 3.44. The Morgan fingerprint density at radius 1 is 1.55 bits per heavy atom. The SMILES string of the molecule is Cc1cnc(C(=O)CCl)cn1. The van der Waals surface area contributed by atoms with E-state index in [-0.39, 0.29) is 11.7 Å². The van der Waals surface area contributed by atoms with E-state index in [4.69, 9.17) is 11.6 Å². The van der Waals surface area contributed by atoms with Crippen LogP contribution in [0.15, 0.2) is 12.4 Å². The molecule has 0 N–H and O–H groups in total. The predicted molar refractivity (Wildman–Crippen MR) is 41.8 cm³/mol. The molecule has 0 spiro atoms. The number of ketones is 1. The van der Waals surface area contributed by atoms with Crippen molar-refractivity contribution in [3.63, 3.8) is 0 Å². The maximum absolute atomic E-state index is 10.9. The van der Waals surface area contributed by atoms with Crippen LogP contribution in [0.2, 0.25) is 0 Å². The fourth-order valence-corrected chi connectivity index (χ4v) is 0.742. The first-order valence-electron chi connectivity index (χ1n) is 3.12. The molecular formula is C7H7ClN2O. The molecule has 1 heterocycles. The van der Waals surface area contributed by atoms with Crippen LogP contribution in [0, 0.1) is 6.92 Å². The van der Waals surface area contributed by atoms with Crippen molar-refractivity contribution in [1.29, 1.82) is 0 Å². The molecule has 11 heavy (non-hydrogen) atoms. The van der Waals surface area contributed by atoms with Crippen molar-refractivity contribution >= 4 is 17.4 Å². The van der Waals surface area contributed by atoms with E-state index in [9.17, 15) is 4.79 Å². The molecular weight excluding hydrogens is 164 g/mol. The van der Waals surface area contributed by atoms with Crippen molar-refractivity contribution in [2.24, 2.45) is 0 Å². The van der Waals surface area contributed by atoms with Gasteiger partial charge >= 0.3 is 0 Å². The Morgan fingerprint density at radius 3 is 2.73 bits per heavy atom. The van der Waals surface area contributed by atoms with Gasteiger partial charge in [-0.25, -0.2) is 4.98 Å². The highest BCUT2D eigenvalue weighted by molar-refractivity contribution is 6.30. The van der Waals surface area contributed by atoms with E-state index in [1.807, 2.05) is 6.92 Å². The van der Waals surface area contributed by atoms with E-state index in [2.05, 4.69) is 9.97 Å². The number of hydrogen-bond acceptors (Lipinski definition) is 3. The number of carbonyl (C=O) groups is 1. The van der Waals surface area contributed by atoms with Crippen molar-refractivity contribution in [3.8, 4) is 0 Å². The second-order valence-corrected chi connectivity index (χ2v) is 2.37. The number of rotatable bonds is 2. The van der Waals surface area contributed by atoms with E-state index in [1.54, 1.807) is 6.20 Å². The van der Waals surface area contributed by atoms with E-state index >= 15 is 0 Å². The van der Waals surface area contributed by atoms with Crippen molar-refractivity contribution in [3.05, 3.63) is 23.8 Å². The molecule has 1 aromatic heterocycles. The van der Waals surface area contributed by atoms with Gasteiger partial charge in [-0.3, -0.25) is 9.78 Å². The maximum Gasteiger partial charge on any atom is 0.197 e. The molecule has 0 aromatic carbocycles. The lowest BCUT2D eigenvalue weighted by Crippen LogP contribution is -2.04. The molecule has 0 amide bonds. The first-order valence-corrected chi connectivity index (χ1v) is 3.65. The Morgan fingerprint density at radius 2 is 2.27 bits per heavy atom. The highest BCUT2D eigenvalue weighted by Crippen LogP contribution is 1.96. The summed E-state index contributed by atoms with van der Waals surface area (Å²) < 4.78 is 0. The monoisotopic (exact) mass is 170 g/mol. The molecule has 0 aliphatic heterocycles. The second-order valence-electron chi connectivity index (χ2n) is 2.10. The Balaban J connectivity index is 2.90. The lowest BCUT2D eigenvalue weighted by Gasteiger charge is -1.94. The molecule has 0 aliphatic carbocycles. The zero-order valence-corrected chi connectivity index (χ0v) is 6.80. The average Bonchev–Trinajstić information content (AvgIpc) is 2.05. The van der Waals surface area contributed by atoms with Crippen molar-refractivity contribution in [1.82, 2.24) is 9.97 Å². The smallest absolute Gasteiger partial charge is 0.197 e. The Kier molecular flexibility index (Phi) is 2.54. The number of carbonyl (C=O) groups excluding carboxylic acids is 1. The standard InChI is InChI=1S/C7H7ClN2O/c1-5-3-10-6(4-9-5)7(11)2-8/h3-4H,2H2,1H3. The predicted octanol–water partition coefficient (Wildman–Crippen LogP) is 1.21. The number of aromatic nitrogens is 2. The highest BCUT2D eigenvalue weighted by atomic mass is 35.5. The van der Waals surface area contributed by atoms with Crippen LogP contribution >= 0.6 is 11.6 Å². The largest absolute Gasteiger partial charge is 0.291 e. The van der Waals surface area contributed by atoms with Gasteiger partial charge in [-0.15, -0.1) is 11.6 Å². The molecule has 1 rings (SSSR count). The summed E-state index contributed by atoms with van der Waals surface area (Å²) in [6, 6.07) is 0. The summed E-state index contributed by atoms with van der Waals surface area (Å²) >= 11 is 5.31. The van der Waals surface area contributed by atoms with Gasteiger partial charge in [0, 0.05) is 6.20 Å². The van der Waals surface area contributed by atoms with Crippen molar-refractivity contribution < 1.29 is 4.79 Å². The number of hydrogen-bond donors (Lipinski definition) is 0. The van der Waals surface area contributed by atoms with Crippen LogP contribution < -0.4 is 0 Å². The van der Waals surface area contributed by atoms with Crippen LogP contribution in [0.1, 0.15) is 16.2 Å². The lowest BCUT2D eigenvalue weighted by atomic mass is 10.3. The molecule has 0 aliphatic rings. The molecule has 0 fully saturated rings. The van der Waals surface area contributed by atoms with E-state index < -0.39 is 0 Å². The lowest BCUT2D eigenvalue weighted by molar-refractivity contribution is 0.101. The van der Waals surface area contributed by atoms with Crippen LogP contribution in [0.25, 0.3) is 0 Å². The normalized spacial score (nSPS) is 9.64.